The second kappa shape index (κ2) is 4.61. The fourth-order valence-corrected chi connectivity index (χ4v) is 1.82. The first-order chi connectivity index (χ1) is 7.74. The Hall–Kier alpha value is -1.42. The van der Waals surface area contributed by atoms with Crippen molar-refractivity contribution in [3.63, 3.8) is 0 Å². The van der Waals surface area contributed by atoms with Gasteiger partial charge >= 0.3 is 0 Å². The van der Waals surface area contributed by atoms with Crippen LogP contribution in [0.15, 0.2) is 18.3 Å². The molecule has 1 aromatic rings. The predicted octanol–water partition coefficient (Wildman–Crippen LogP) is 0.953. The van der Waals surface area contributed by atoms with E-state index in [1.54, 1.807) is 6.20 Å². The fraction of sp³-hybridized carbons (Fsp3) is 0.500. The molecule has 0 atom stereocenters. The van der Waals surface area contributed by atoms with Gasteiger partial charge in [0.05, 0.1) is 0 Å². The second-order valence-corrected chi connectivity index (χ2v) is 4.19. The molecule has 0 unspecified atom stereocenters. The highest BCUT2D eigenvalue weighted by Crippen LogP contribution is 2.27. The van der Waals surface area contributed by atoms with Crippen molar-refractivity contribution in [3.05, 3.63) is 29.6 Å². The first-order valence-corrected chi connectivity index (χ1v) is 5.66. The van der Waals surface area contributed by atoms with Crippen molar-refractivity contribution in [2.45, 2.75) is 25.8 Å². The highest BCUT2D eigenvalue weighted by Gasteiger charge is 2.33. The first-order valence-electron chi connectivity index (χ1n) is 5.66. The maximum atomic E-state index is 12.2. The summed E-state index contributed by atoms with van der Waals surface area (Å²) in [6, 6.07) is 4.14. The molecule has 0 bridgehead atoms. The number of rotatable bonds is 4. The van der Waals surface area contributed by atoms with Crippen molar-refractivity contribution in [2.24, 2.45) is 5.73 Å². The van der Waals surface area contributed by atoms with Crippen LogP contribution in [-0.2, 0) is 0 Å². The van der Waals surface area contributed by atoms with E-state index in [1.807, 2.05) is 24.0 Å². The van der Waals surface area contributed by atoms with Crippen LogP contribution in [0.3, 0.4) is 0 Å². The summed E-state index contributed by atoms with van der Waals surface area (Å²) in [7, 11) is 0. The van der Waals surface area contributed by atoms with Gasteiger partial charge in [-0.25, -0.2) is 0 Å². The molecule has 1 amide bonds. The number of hydrogen-bond acceptors (Lipinski definition) is 3. The maximum Gasteiger partial charge on any atom is 0.273 e. The molecule has 1 aromatic heterocycles. The van der Waals surface area contributed by atoms with Gasteiger partial charge in [0.15, 0.2) is 0 Å². The van der Waals surface area contributed by atoms with Gasteiger partial charge in [-0.15, -0.1) is 0 Å². The third kappa shape index (κ3) is 2.22. The van der Waals surface area contributed by atoms with Gasteiger partial charge in [-0.1, -0.05) is 6.07 Å². The molecular weight excluding hydrogens is 202 g/mol. The van der Waals surface area contributed by atoms with Crippen LogP contribution in [0.2, 0.25) is 0 Å². The molecular formula is C12H17N3O. The van der Waals surface area contributed by atoms with Crippen LogP contribution < -0.4 is 5.73 Å². The molecule has 0 radical (unpaired) electrons. The van der Waals surface area contributed by atoms with Crippen LogP contribution in [0.25, 0.3) is 0 Å². The van der Waals surface area contributed by atoms with Crippen LogP contribution in [0.4, 0.5) is 0 Å². The van der Waals surface area contributed by atoms with E-state index < -0.39 is 0 Å². The van der Waals surface area contributed by atoms with Crippen LogP contribution in [0.1, 0.15) is 28.9 Å². The molecule has 0 spiro atoms. The lowest BCUT2D eigenvalue weighted by Crippen LogP contribution is -2.37. The minimum Gasteiger partial charge on any atom is -0.333 e. The predicted molar refractivity (Wildman–Crippen MR) is 62.1 cm³/mol. The van der Waals surface area contributed by atoms with Gasteiger partial charge < -0.3 is 10.6 Å². The molecule has 0 aliphatic heterocycles. The number of carbonyl (C=O) groups is 1. The number of hydrogen-bond donors (Lipinski definition) is 1. The Morgan fingerprint density at radius 2 is 2.38 bits per heavy atom. The second-order valence-electron chi connectivity index (χ2n) is 4.19. The van der Waals surface area contributed by atoms with E-state index in [0.717, 1.165) is 18.4 Å². The largest absolute Gasteiger partial charge is 0.333 e. The van der Waals surface area contributed by atoms with Gasteiger partial charge in [-0.05, 0) is 31.4 Å². The number of amides is 1. The van der Waals surface area contributed by atoms with E-state index in [0.29, 0.717) is 24.8 Å². The van der Waals surface area contributed by atoms with Crippen molar-refractivity contribution in [3.8, 4) is 0 Å². The molecule has 16 heavy (non-hydrogen) atoms. The van der Waals surface area contributed by atoms with E-state index >= 15 is 0 Å². The summed E-state index contributed by atoms with van der Waals surface area (Å²) in [5.41, 5.74) is 7.02. The van der Waals surface area contributed by atoms with Gasteiger partial charge in [0.2, 0.25) is 0 Å². The summed E-state index contributed by atoms with van der Waals surface area (Å²) in [6.07, 6.45) is 3.85. The highest BCUT2D eigenvalue weighted by molar-refractivity contribution is 5.94. The lowest BCUT2D eigenvalue weighted by molar-refractivity contribution is 0.0741. The van der Waals surface area contributed by atoms with Gasteiger partial charge in [0.25, 0.3) is 5.91 Å². The number of carbonyl (C=O) groups excluding carboxylic acids is 1. The molecule has 2 N–H and O–H groups in total. The molecule has 1 aliphatic rings. The molecule has 4 heteroatoms. The van der Waals surface area contributed by atoms with E-state index in [1.165, 1.54) is 0 Å². The quantitative estimate of drug-likeness (QED) is 0.820. The Labute approximate surface area is 95.5 Å². The van der Waals surface area contributed by atoms with Crippen LogP contribution in [0.5, 0.6) is 0 Å². The molecule has 4 nitrogen and oxygen atoms in total. The standard InChI is InChI=1S/C12H17N3O/c1-9-3-2-7-14-11(9)12(16)15(8-6-13)10-4-5-10/h2-3,7,10H,4-6,8,13H2,1H3. The van der Waals surface area contributed by atoms with Crippen molar-refractivity contribution < 1.29 is 4.79 Å². The smallest absolute Gasteiger partial charge is 0.273 e. The number of aromatic nitrogens is 1. The van der Waals surface area contributed by atoms with E-state index in [9.17, 15) is 4.79 Å². The molecule has 86 valence electrons. The minimum absolute atomic E-state index is 0.0195. The fourth-order valence-electron chi connectivity index (χ4n) is 1.82. The van der Waals surface area contributed by atoms with E-state index in [2.05, 4.69) is 4.98 Å². The summed E-state index contributed by atoms with van der Waals surface area (Å²) >= 11 is 0. The number of aryl methyl sites for hydroxylation is 1. The van der Waals surface area contributed by atoms with Gasteiger partial charge in [-0.3, -0.25) is 9.78 Å². The van der Waals surface area contributed by atoms with Crippen LogP contribution in [0, 0.1) is 6.92 Å². The average Bonchev–Trinajstić information content (AvgIpc) is 3.09. The Morgan fingerprint density at radius 1 is 1.62 bits per heavy atom. The van der Waals surface area contributed by atoms with Crippen molar-refractivity contribution in [1.82, 2.24) is 9.88 Å². The van der Waals surface area contributed by atoms with E-state index in [4.69, 9.17) is 5.73 Å². The van der Waals surface area contributed by atoms with Crippen molar-refractivity contribution in [1.29, 1.82) is 0 Å². The third-order valence-electron chi connectivity index (χ3n) is 2.83. The zero-order valence-corrected chi connectivity index (χ0v) is 9.52. The van der Waals surface area contributed by atoms with Crippen molar-refractivity contribution in [2.75, 3.05) is 13.1 Å². The van der Waals surface area contributed by atoms with Crippen molar-refractivity contribution >= 4 is 5.91 Å². The Morgan fingerprint density at radius 3 is 2.94 bits per heavy atom. The van der Waals surface area contributed by atoms with Gasteiger partial charge in [-0.2, -0.15) is 0 Å². The summed E-state index contributed by atoms with van der Waals surface area (Å²) in [6.45, 7) is 3.04. The third-order valence-corrected chi connectivity index (χ3v) is 2.83. The number of nitrogens with two attached hydrogens (primary N) is 1. The Bertz CT molecular complexity index is 388. The first kappa shape index (κ1) is 11.1. The normalized spacial score (nSPS) is 14.9. The summed E-state index contributed by atoms with van der Waals surface area (Å²) in [5, 5.41) is 0. The highest BCUT2D eigenvalue weighted by atomic mass is 16.2. The summed E-state index contributed by atoms with van der Waals surface area (Å²) in [5.74, 6) is 0.0195. The molecule has 1 aliphatic carbocycles. The molecule has 2 rings (SSSR count). The SMILES string of the molecule is Cc1cccnc1C(=O)N(CCN)C1CC1. The monoisotopic (exact) mass is 219 g/mol. The van der Waals surface area contributed by atoms with Gasteiger partial charge in [0, 0.05) is 25.3 Å². The average molecular weight is 219 g/mol. The summed E-state index contributed by atoms with van der Waals surface area (Å²) in [4.78, 5) is 18.3. The Balaban J connectivity index is 2.19. The summed E-state index contributed by atoms with van der Waals surface area (Å²) < 4.78 is 0. The van der Waals surface area contributed by atoms with Crippen LogP contribution >= 0.6 is 0 Å². The zero-order valence-electron chi connectivity index (χ0n) is 9.52. The maximum absolute atomic E-state index is 12.2. The molecule has 1 saturated carbocycles. The molecule has 0 aromatic carbocycles. The molecule has 0 saturated heterocycles. The minimum atomic E-state index is 0.0195. The zero-order chi connectivity index (χ0) is 11.5. The lowest BCUT2D eigenvalue weighted by atomic mass is 10.2. The van der Waals surface area contributed by atoms with Gasteiger partial charge in [0.1, 0.15) is 5.69 Å². The van der Waals surface area contributed by atoms with E-state index in [-0.39, 0.29) is 5.91 Å². The Kier molecular flexibility index (Phi) is 3.19. The topological polar surface area (TPSA) is 59.2 Å². The molecule has 1 heterocycles. The number of pyridine rings is 1. The number of nitrogens with zero attached hydrogens (tertiary/aromatic N) is 2. The lowest BCUT2D eigenvalue weighted by Gasteiger charge is -2.21. The molecule has 1 fully saturated rings. The van der Waals surface area contributed by atoms with Crippen LogP contribution in [-0.4, -0.2) is 34.9 Å².